The van der Waals surface area contributed by atoms with Crippen molar-refractivity contribution < 1.29 is 19.5 Å². The van der Waals surface area contributed by atoms with E-state index in [-0.39, 0.29) is 12.8 Å². The van der Waals surface area contributed by atoms with E-state index in [0.717, 1.165) is 0 Å². The Morgan fingerprint density at radius 3 is 2.44 bits per heavy atom. The maximum Gasteiger partial charge on any atom is 0.329 e. The van der Waals surface area contributed by atoms with Crippen molar-refractivity contribution in [1.82, 2.24) is 5.32 Å². The van der Waals surface area contributed by atoms with Gasteiger partial charge in [0.1, 0.15) is 0 Å². The minimum absolute atomic E-state index is 0.0447. The monoisotopic (exact) mass is 247 g/mol. The molecule has 0 unspecified atom stereocenters. The van der Waals surface area contributed by atoms with Crippen molar-refractivity contribution in [3.8, 4) is 0 Å². The lowest BCUT2D eigenvalue weighted by atomic mass is 10.1. The normalized spacial score (nSPS) is 13.6. The van der Waals surface area contributed by atoms with Crippen molar-refractivity contribution in [3.63, 3.8) is 0 Å². The number of carboxylic acid groups (broad SMARTS) is 1. The number of hydrogen-bond donors (Lipinski definition) is 3. The molecule has 2 amide bonds. The third-order valence-corrected chi connectivity index (χ3v) is 1.99. The van der Waals surface area contributed by atoms with Crippen LogP contribution in [-0.2, 0) is 26.8 Å². The molecule has 0 spiro atoms. The zero-order valence-electron chi connectivity index (χ0n) is 8.67. The van der Waals surface area contributed by atoms with Crippen LogP contribution >= 0.6 is 0 Å². The van der Waals surface area contributed by atoms with Crippen molar-refractivity contribution >= 4 is 30.2 Å². The molecule has 0 aliphatic carbocycles. The summed E-state index contributed by atoms with van der Waals surface area (Å²) in [5.74, 6) is -2.39. The Bertz CT molecular complexity index is 306. The molecule has 16 heavy (non-hydrogen) atoms. The number of carboxylic acids is 1. The van der Waals surface area contributed by atoms with Crippen LogP contribution < -0.4 is 11.1 Å². The first kappa shape index (κ1) is 14.6. The fourth-order valence-electron chi connectivity index (χ4n) is 0.803. The zero-order chi connectivity index (χ0) is 12.7. The number of nitrogens with two attached hydrogens (primary N) is 1. The number of hydrogen-bond acceptors (Lipinski definition) is 6. The predicted molar refractivity (Wildman–Crippen MR) is 57.2 cm³/mol. The van der Waals surface area contributed by atoms with Gasteiger partial charge >= 0.3 is 5.97 Å². The topological polar surface area (TPSA) is 122 Å². The van der Waals surface area contributed by atoms with E-state index in [4.69, 9.17) is 10.8 Å². The van der Waals surface area contributed by atoms with Crippen molar-refractivity contribution in [2.24, 2.45) is 10.1 Å². The maximum atomic E-state index is 11.1. The lowest BCUT2D eigenvalue weighted by Crippen LogP contribution is -2.41. The Kier molecular flexibility index (Phi) is 6.35. The molecule has 90 valence electrons. The van der Waals surface area contributed by atoms with Gasteiger partial charge < -0.3 is 10.8 Å². The van der Waals surface area contributed by atoms with Crippen LogP contribution in [0, 0.1) is 0 Å². The first-order valence-corrected chi connectivity index (χ1v) is 4.89. The molecule has 0 aromatic heterocycles. The smallest absolute Gasteiger partial charge is 0.329 e. The second-order valence-corrected chi connectivity index (χ2v) is 3.41. The predicted octanol–water partition coefficient (Wildman–Crippen LogP) is -1.06. The molecule has 0 aliphatic heterocycles. The molecule has 0 bridgehead atoms. The van der Waals surface area contributed by atoms with Gasteiger partial charge in [-0.05, 0) is 13.3 Å². The Labute approximate surface area is 97.6 Å². The van der Waals surface area contributed by atoms with Gasteiger partial charge in [-0.3, -0.25) is 14.9 Å². The van der Waals surface area contributed by atoms with Crippen LogP contribution in [0.2, 0.25) is 0 Å². The molecule has 0 saturated heterocycles. The number of nitrogens with one attached hydrogen (secondary N) is 1. The van der Waals surface area contributed by atoms with Gasteiger partial charge in [-0.25, -0.2) is 9.16 Å². The first-order valence-electron chi connectivity index (χ1n) is 4.53. The molecule has 2 atom stereocenters. The third kappa shape index (κ3) is 5.47. The van der Waals surface area contributed by atoms with Crippen LogP contribution in [0.3, 0.4) is 0 Å². The van der Waals surface area contributed by atoms with Crippen LogP contribution in [0.5, 0.6) is 0 Å². The number of rotatable bonds is 6. The van der Waals surface area contributed by atoms with Crippen LogP contribution in [0.25, 0.3) is 0 Å². The van der Waals surface area contributed by atoms with Crippen LogP contribution in [0.1, 0.15) is 19.8 Å². The van der Waals surface area contributed by atoms with Crippen LogP contribution in [0.15, 0.2) is 4.36 Å². The standard InChI is InChI=1S/C8H13N3O4S/c1-4(9)7(13)10-6(12)3-2-5(11-16)8(14)15/h4-5H,2-3,9H2,1H3,(H,14,15)(H,10,12,13)/t4-,5+/m1/s1. The molecule has 0 saturated carbocycles. The lowest BCUT2D eigenvalue weighted by molar-refractivity contribution is -0.138. The highest BCUT2D eigenvalue weighted by atomic mass is 32.1. The fraction of sp³-hybridized carbons (Fsp3) is 0.625. The SMILES string of the molecule is C[C@@H](N)C(=O)NC(=O)CC[C@H](N=S)C(=O)O. The first-order chi connectivity index (χ1) is 7.38. The second-order valence-electron chi connectivity index (χ2n) is 3.20. The van der Waals surface area contributed by atoms with Gasteiger partial charge in [0.15, 0.2) is 6.04 Å². The van der Waals surface area contributed by atoms with E-state index >= 15 is 0 Å². The van der Waals surface area contributed by atoms with Crippen molar-refractivity contribution in [3.05, 3.63) is 0 Å². The molecular weight excluding hydrogens is 234 g/mol. The summed E-state index contributed by atoms with van der Waals surface area (Å²) >= 11 is 4.26. The Morgan fingerprint density at radius 2 is 2.06 bits per heavy atom. The van der Waals surface area contributed by atoms with E-state index in [1.807, 2.05) is 5.32 Å². The van der Waals surface area contributed by atoms with Crippen molar-refractivity contribution in [1.29, 1.82) is 0 Å². The quantitative estimate of drug-likeness (QED) is 0.550. The summed E-state index contributed by atoms with van der Waals surface area (Å²) in [5, 5.41) is 10.6. The van der Waals surface area contributed by atoms with E-state index in [1.165, 1.54) is 6.92 Å². The number of carbonyl (C=O) groups excluding carboxylic acids is 2. The molecule has 0 heterocycles. The van der Waals surface area contributed by atoms with E-state index in [9.17, 15) is 14.4 Å². The minimum Gasteiger partial charge on any atom is -0.480 e. The van der Waals surface area contributed by atoms with Crippen molar-refractivity contribution in [2.45, 2.75) is 31.8 Å². The maximum absolute atomic E-state index is 11.1. The highest BCUT2D eigenvalue weighted by molar-refractivity contribution is 7.47. The zero-order valence-corrected chi connectivity index (χ0v) is 9.49. The van der Waals surface area contributed by atoms with Gasteiger partial charge in [-0.1, -0.05) is 0 Å². The lowest BCUT2D eigenvalue weighted by Gasteiger charge is -2.07. The number of amides is 2. The molecule has 0 rings (SSSR count). The van der Waals surface area contributed by atoms with E-state index in [2.05, 4.69) is 16.8 Å². The number of aliphatic carboxylic acids is 1. The van der Waals surface area contributed by atoms with E-state index in [1.54, 1.807) is 0 Å². The average Bonchev–Trinajstić information content (AvgIpc) is 2.17. The van der Waals surface area contributed by atoms with Gasteiger partial charge in [0.2, 0.25) is 11.8 Å². The molecule has 0 radical (unpaired) electrons. The van der Waals surface area contributed by atoms with Crippen molar-refractivity contribution in [2.75, 3.05) is 0 Å². The molecule has 4 N–H and O–H groups in total. The third-order valence-electron chi connectivity index (χ3n) is 1.73. The molecule has 0 fully saturated rings. The Morgan fingerprint density at radius 1 is 1.50 bits per heavy atom. The highest BCUT2D eigenvalue weighted by Crippen LogP contribution is 2.01. The van der Waals surface area contributed by atoms with E-state index in [0.29, 0.717) is 0 Å². The van der Waals surface area contributed by atoms with Gasteiger partial charge in [-0.15, -0.1) is 0 Å². The Hall–Kier alpha value is -1.41. The van der Waals surface area contributed by atoms with Crippen LogP contribution in [-0.4, -0.2) is 35.0 Å². The number of carbonyl (C=O) groups is 3. The summed E-state index contributed by atoms with van der Waals surface area (Å²) in [6.45, 7) is 1.43. The summed E-state index contributed by atoms with van der Waals surface area (Å²) in [6.07, 6.45) is -0.188. The molecule has 0 aliphatic rings. The summed E-state index contributed by atoms with van der Waals surface area (Å²) in [7, 11) is 0. The highest BCUT2D eigenvalue weighted by Gasteiger charge is 2.18. The van der Waals surface area contributed by atoms with E-state index < -0.39 is 29.9 Å². The minimum atomic E-state index is -1.19. The Balaban J connectivity index is 4.02. The molecule has 0 aromatic rings. The average molecular weight is 247 g/mol. The van der Waals surface area contributed by atoms with Gasteiger partial charge in [0, 0.05) is 18.8 Å². The number of nitrogens with zero attached hydrogens (tertiary/aromatic N) is 1. The van der Waals surface area contributed by atoms with Gasteiger partial charge in [0.05, 0.1) is 6.04 Å². The molecule has 8 heteroatoms. The molecule has 0 aromatic carbocycles. The van der Waals surface area contributed by atoms with Crippen LogP contribution in [0.4, 0.5) is 0 Å². The number of imide groups is 1. The summed E-state index contributed by atoms with van der Waals surface area (Å²) in [5.41, 5.74) is 5.22. The summed E-state index contributed by atoms with van der Waals surface area (Å²) in [4.78, 5) is 32.6. The van der Waals surface area contributed by atoms with Gasteiger partial charge in [-0.2, -0.15) is 0 Å². The second kappa shape index (κ2) is 6.96. The molecule has 7 nitrogen and oxygen atoms in total. The fourth-order valence-corrected chi connectivity index (χ4v) is 0.998. The summed E-state index contributed by atoms with van der Waals surface area (Å²) in [6, 6.07) is -1.89. The molecular formula is C8H13N3O4S. The largest absolute Gasteiger partial charge is 0.480 e. The van der Waals surface area contributed by atoms with Gasteiger partial charge in [0.25, 0.3) is 0 Å². The summed E-state index contributed by atoms with van der Waals surface area (Å²) < 4.78 is 3.17.